The Hall–Kier alpha value is -1.83. The zero-order valence-corrected chi connectivity index (χ0v) is 11.7. The molecule has 0 aliphatic carbocycles. The predicted octanol–water partition coefficient (Wildman–Crippen LogP) is 1.20. The van der Waals surface area contributed by atoms with Crippen molar-refractivity contribution in [1.82, 2.24) is 4.90 Å². The van der Waals surface area contributed by atoms with Crippen LogP contribution in [0.2, 0.25) is 0 Å². The number of morpholine rings is 1. The molecule has 0 aromatic heterocycles. The van der Waals surface area contributed by atoms with Crippen LogP contribution in [0, 0.1) is 18.8 Å². The highest BCUT2D eigenvalue weighted by Gasteiger charge is 2.18. The molecule has 0 unspecified atom stereocenters. The van der Waals surface area contributed by atoms with Crippen LogP contribution < -0.4 is 0 Å². The zero-order chi connectivity index (χ0) is 14.4. The third kappa shape index (κ3) is 3.60. The standard InChI is InChI=1S/C16H19NO3/c1-13-12-15(6-5-14(13)4-2-3-9-18)16(19)17-7-10-20-11-8-17/h5-6,12,18H,3,7-11H2,1H3. The number of hydrogen-bond donors (Lipinski definition) is 1. The summed E-state index contributed by atoms with van der Waals surface area (Å²) in [7, 11) is 0. The number of carbonyl (C=O) groups is 1. The second-order valence-electron chi connectivity index (χ2n) is 4.71. The topological polar surface area (TPSA) is 49.8 Å². The third-order valence-corrected chi connectivity index (χ3v) is 3.23. The molecule has 106 valence electrons. The lowest BCUT2D eigenvalue weighted by atomic mass is 10.0. The number of rotatable bonds is 2. The van der Waals surface area contributed by atoms with Gasteiger partial charge in [0.2, 0.25) is 0 Å². The van der Waals surface area contributed by atoms with Crippen LogP contribution in [0.5, 0.6) is 0 Å². The number of benzene rings is 1. The van der Waals surface area contributed by atoms with Crippen LogP contribution in [-0.4, -0.2) is 48.8 Å². The molecule has 1 N–H and O–H groups in total. The minimum absolute atomic E-state index is 0.0475. The molecule has 1 aliphatic rings. The number of hydrogen-bond acceptors (Lipinski definition) is 3. The summed E-state index contributed by atoms with van der Waals surface area (Å²) in [5, 5.41) is 8.71. The van der Waals surface area contributed by atoms with E-state index in [1.165, 1.54) is 0 Å². The van der Waals surface area contributed by atoms with Gasteiger partial charge in [-0.1, -0.05) is 11.8 Å². The Kier molecular flexibility index (Phi) is 5.16. The fraction of sp³-hybridized carbons (Fsp3) is 0.438. The average molecular weight is 273 g/mol. The molecule has 1 aromatic rings. The van der Waals surface area contributed by atoms with Crippen molar-refractivity contribution in [3.8, 4) is 11.8 Å². The van der Waals surface area contributed by atoms with Crippen molar-refractivity contribution >= 4 is 5.91 Å². The highest BCUT2D eigenvalue weighted by atomic mass is 16.5. The molecule has 1 heterocycles. The number of aliphatic hydroxyl groups excluding tert-OH is 1. The summed E-state index contributed by atoms with van der Waals surface area (Å²) < 4.78 is 5.25. The number of ether oxygens (including phenoxy) is 1. The number of aliphatic hydroxyl groups is 1. The third-order valence-electron chi connectivity index (χ3n) is 3.23. The van der Waals surface area contributed by atoms with Crippen molar-refractivity contribution in [1.29, 1.82) is 0 Å². The highest BCUT2D eigenvalue weighted by molar-refractivity contribution is 5.94. The molecule has 4 nitrogen and oxygen atoms in total. The number of aryl methyl sites for hydroxylation is 1. The lowest BCUT2D eigenvalue weighted by Crippen LogP contribution is -2.40. The molecule has 2 rings (SSSR count). The lowest BCUT2D eigenvalue weighted by Gasteiger charge is -2.27. The molecule has 1 saturated heterocycles. The Bertz CT molecular complexity index is 536. The second-order valence-corrected chi connectivity index (χ2v) is 4.71. The molecule has 1 fully saturated rings. The van der Waals surface area contributed by atoms with Crippen LogP contribution in [0.4, 0.5) is 0 Å². The van der Waals surface area contributed by atoms with Crippen molar-refractivity contribution in [3.05, 3.63) is 34.9 Å². The number of carbonyl (C=O) groups excluding carboxylic acids is 1. The Morgan fingerprint density at radius 3 is 2.80 bits per heavy atom. The summed E-state index contributed by atoms with van der Waals surface area (Å²) >= 11 is 0. The van der Waals surface area contributed by atoms with E-state index in [1.807, 2.05) is 30.0 Å². The maximum atomic E-state index is 12.3. The molecule has 1 aromatic carbocycles. The molecule has 0 saturated carbocycles. The van der Waals surface area contributed by atoms with Crippen LogP contribution in [0.15, 0.2) is 18.2 Å². The van der Waals surface area contributed by atoms with E-state index in [1.54, 1.807) is 0 Å². The molecule has 0 atom stereocenters. The summed E-state index contributed by atoms with van der Waals surface area (Å²) in [4.78, 5) is 14.1. The van der Waals surface area contributed by atoms with Crippen LogP contribution in [-0.2, 0) is 4.74 Å². The molecule has 0 bridgehead atoms. The van der Waals surface area contributed by atoms with Crippen molar-refractivity contribution in [2.24, 2.45) is 0 Å². The number of amides is 1. The Labute approximate surface area is 119 Å². The highest BCUT2D eigenvalue weighted by Crippen LogP contribution is 2.13. The molecule has 0 spiro atoms. The first-order valence-corrected chi connectivity index (χ1v) is 6.80. The Morgan fingerprint density at radius 2 is 2.15 bits per heavy atom. The van der Waals surface area contributed by atoms with Gasteiger partial charge in [0.1, 0.15) is 0 Å². The maximum absolute atomic E-state index is 12.3. The van der Waals surface area contributed by atoms with E-state index in [4.69, 9.17) is 9.84 Å². The predicted molar refractivity (Wildman–Crippen MR) is 76.5 cm³/mol. The van der Waals surface area contributed by atoms with Gasteiger partial charge in [0.15, 0.2) is 0 Å². The van der Waals surface area contributed by atoms with Crippen molar-refractivity contribution in [2.75, 3.05) is 32.9 Å². The molecule has 0 radical (unpaired) electrons. The monoisotopic (exact) mass is 273 g/mol. The second kappa shape index (κ2) is 7.09. The molecule has 4 heteroatoms. The van der Waals surface area contributed by atoms with Gasteiger partial charge in [0.25, 0.3) is 5.91 Å². The van der Waals surface area contributed by atoms with Gasteiger partial charge >= 0.3 is 0 Å². The molecule has 20 heavy (non-hydrogen) atoms. The van der Waals surface area contributed by atoms with Crippen LogP contribution in [0.25, 0.3) is 0 Å². The minimum Gasteiger partial charge on any atom is -0.395 e. The summed E-state index contributed by atoms with van der Waals surface area (Å²) in [6, 6.07) is 5.56. The smallest absolute Gasteiger partial charge is 0.254 e. The summed E-state index contributed by atoms with van der Waals surface area (Å²) in [6.45, 7) is 4.52. The molecule has 1 amide bonds. The molecular formula is C16H19NO3. The van der Waals surface area contributed by atoms with Gasteiger partial charge in [-0.05, 0) is 30.7 Å². The van der Waals surface area contributed by atoms with Gasteiger partial charge in [-0.3, -0.25) is 4.79 Å². The Morgan fingerprint density at radius 1 is 1.40 bits per heavy atom. The first-order valence-electron chi connectivity index (χ1n) is 6.80. The van der Waals surface area contributed by atoms with E-state index >= 15 is 0 Å². The van der Waals surface area contributed by atoms with Gasteiger partial charge in [0, 0.05) is 30.6 Å². The maximum Gasteiger partial charge on any atom is 0.254 e. The van der Waals surface area contributed by atoms with Gasteiger partial charge < -0.3 is 14.7 Å². The largest absolute Gasteiger partial charge is 0.395 e. The SMILES string of the molecule is Cc1cc(C(=O)N2CCOCC2)ccc1C#CCCO. The first-order chi connectivity index (χ1) is 9.72. The van der Waals surface area contributed by atoms with Gasteiger partial charge in [-0.25, -0.2) is 0 Å². The van der Waals surface area contributed by atoms with Gasteiger partial charge in [0.05, 0.1) is 19.8 Å². The normalized spacial score (nSPS) is 14.6. The van der Waals surface area contributed by atoms with E-state index < -0.39 is 0 Å². The molecule has 1 aliphatic heterocycles. The van der Waals surface area contributed by atoms with Crippen LogP contribution >= 0.6 is 0 Å². The van der Waals surface area contributed by atoms with Gasteiger partial charge in [-0.15, -0.1) is 0 Å². The Balaban J connectivity index is 2.12. The van der Waals surface area contributed by atoms with E-state index in [-0.39, 0.29) is 12.5 Å². The fourth-order valence-electron chi connectivity index (χ4n) is 2.10. The van der Waals surface area contributed by atoms with Crippen molar-refractivity contribution < 1.29 is 14.6 Å². The summed E-state index contributed by atoms with van der Waals surface area (Å²) in [5.74, 6) is 5.94. The van der Waals surface area contributed by atoms with E-state index in [9.17, 15) is 4.79 Å². The minimum atomic E-state index is 0.0475. The van der Waals surface area contributed by atoms with E-state index in [0.717, 1.165) is 11.1 Å². The fourth-order valence-corrected chi connectivity index (χ4v) is 2.10. The van der Waals surface area contributed by atoms with E-state index in [0.29, 0.717) is 38.3 Å². The van der Waals surface area contributed by atoms with Crippen LogP contribution in [0.1, 0.15) is 27.9 Å². The first kappa shape index (κ1) is 14.6. The zero-order valence-electron chi connectivity index (χ0n) is 11.7. The lowest BCUT2D eigenvalue weighted by molar-refractivity contribution is 0.0303. The quantitative estimate of drug-likeness (QED) is 0.824. The molecular weight excluding hydrogens is 254 g/mol. The summed E-state index contributed by atoms with van der Waals surface area (Å²) in [6.07, 6.45) is 0.466. The van der Waals surface area contributed by atoms with Crippen molar-refractivity contribution in [3.63, 3.8) is 0 Å². The summed E-state index contributed by atoms with van der Waals surface area (Å²) in [5.41, 5.74) is 2.57. The van der Waals surface area contributed by atoms with Crippen LogP contribution in [0.3, 0.4) is 0 Å². The van der Waals surface area contributed by atoms with E-state index in [2.05, 4.69) is 11.8 Å². The average Bonchev–Trinajstić information content (AvgIpc) is 2.49. The van der Waals surface area contributed by atoms with Crippen molar-refractivity contribution in [2.45, 2.75) is 13.3 Å². The van der Waals surface area contributed by atoms with Gasteiger partial charge in [-0.2, -0.15) is 0 Å². The number of nitrogens with zero attached hydrogens (tertiary/aromatic N) is 1.